The van der Waals surface area contributed by atoms with E-state index < -0.39 is 5.91 Å². The van der Waals surface area contributed by atoms with Crippen molar-refractivity contribution < 1.29 is 19.1 Å². The summed E-state index contributed by atoms with van der Waals surface area (Å²) in [5.41, 5.74) is 2.60. The van der Waals surface area contributed by atoms with E-state index in [0.29, 0.717) is 28.4 Å². The minimum atomic E-state index is -0.558. The number of hydrogen-bond donors (Lipinski definition) is 2. The van der Waals surface area contributed by atoms with Crippen LogP contribution in [0.15, 0.2) is 72.3 Å². The minimum Gasteiger partial charge on any atom is -0.497 e. The lowest BCUT2D eigenvalue weighted by molar-refractivity contribution is -0.118. The van der Waals surface area contributed by atoms with E-state index in [2.05, 4.69) is 10.6 Å². The molecule has 0 bridgehead atoms. The average Bonchev–Trinajstić information content (AvgIpc) is 2.83. The summed E-state index contributed by atoms with van der Waals surface area (Å²) < 4.78 is 10.6. The molecule has 0 heterocycles. The van der Waals surface area contributed by atoms with Crippen LogP contribution in [-0.4, -0.2) is 25.5 Å². The van der Waals surface area contributed by atoms with Crippen molar-refractivity contribution in [2.75, 3.05) is 24.4 Å². The summed E-state index contributed by atoms with van der Waals surface area (Å²) in [7, 11) is 1.55. The van der Waals surface area contributed by atoms with E-state index in [9.17, 15) is 14.9 Å². The highest BCUT2D eigenvalue weighted by Crippen LogP contribution is 2.27. The van der Waals surface area contributed by atoms with Crippen LogP contribution in [0.2, 0.25) is 5.02 Å². The number of nitrogens with zero attached hydrogens (tertiary/aromatic N) is 1. The van der Waals surface area contributed by atoms with Crippen LogP contribution in [0.25, 0.3) is 6.08 Å². The quantitative estimate of drug-likeness (QED) is 0.343. The molecule has 8 heteroatoms. The van der Waals surface area contributed by atoms with E-state index >= 15 is 0 Å². The Balaban J connectivity index is 1.63. The Labute approximate surface area is 202 Å². The largest absolute Gasteiger partial charge is 0.497 e. The molecule has 172 valence electrons. The molecule has 0 atom stereocenters. The molecule has 3 aromatic carbocycles. The van der Waals surface area contributed by atoms with Gasteiger partial charge in [0.25, 0.3) is 11.8 Å². The fourth-order valence-electron chi connectivity index (χ4n) is 2.95. The summed E-state index contributed by atoms with van der Waals surface area (Å²) in [6, 6.07) is 20.8. The van der Waals surface area contributed by atoms with Gasteiger partial charge in [-0.25, -0.2) is 0 Å². The van der Waals surface area contributed by atoms with Gasteiger partial charge in [0.2, 0.25) is 0 Å². The monoisotopic (exact) mass is 475 g/mol. The molecule has 3 rings (SSSR count). The predicted octanol–water partition coefficient (Wildman–Crippen LogP) is 5.22. The number of nitriles is 1. The van der Waals surface area contributed by atoms with Crippen molar-refractivity contribution in [1.82, 2.24) is 0 Å². The zero-order valence-corrected chi connectivity index (χ0v) is 19.3. The zero-order chi connectivity index (χ0) is 24.5. The van der Waals surface area contributed by atoms with Crippen LogP contribution < -0.4 is 20.1 Å². The number of halogens is 1. The van der Waals surface area contributed by atoms with E-state index in [0.717, 1.165) is 5.56 Å². The number of carbonyl (C=O) groups is 2. The summed E-state index contributed by atoms with van der Waals surface area (Å²) >= 11 is 6.28. The first-order valence-corrected chi connectivity index (χ1v) is 10.6. The Morgan fingerprint density at radius 3 is 2.44 bits per heavy atom. The summed E-state index contributed by atoms with van der Waals surface area (Å²) in [4.78, 5) is 24.7. The molecule has 0 radical (unpaired) electrons. The van der Waals surface area contributed by atoms with Gasteiger partial charge in [0, 0.05) is 11.4 Å². The highest BCUT2D eigenvalue weighted by molar-refractivity contribution is 6.32. The Bertz CT molecular complexity index is 1260. The average molecular weight is 476 g/mol. The molecular weight excluding hydrogens is 454 g/mol. The van der Waals surface area contributed by atoms with Crippen LogP contribution in [0.4, 0.5) is 11.4 Å². The topological polar surface area (TPSA) is 100 Å². The minimum absolute atomic E-state index is 0.0989. The van der Waals surface area contributed by atoms with Crippen molar-refractivity contribution in [3.05, 3.63) is 88.5 Å². The number of nitrogens with one attached hydrogen (secondary N) is 2. The fraction of sp³-hybridized carbons (Fsp3) is 0.115. The van der Waals surface area contributed by atoms with E-state index in [1.165, 1.54) is 6.08 Å². The van der Waals surface area contributed by atoms with Gasteiger partial charge in [-0.1, -0.05) is 35.9 Å². The third-order valence-electron chi connectivity index (χ3n) is 4.76. The first-order valence-electron chi connectivity index (χ1n) is 10.2. The Kier molecular flexibility index (Phi) is 8.27. The maximum absolute atomic E-state index is 12.5. The van der Waals surface area contributed by atoms with E-state index in [4.69, 9.17) is 21.1 Å². The van der Waals surface area contributed by atoms with Gasteiger partial charge in [0.15, 0.2) is 6.61 Å². The van der Waals surface area contributed by atoms with Crippen LogP contribution in [0.1, 0.15) is 11.1 Å². The van der Waals surface area contributed by atoms with Gasteiger partial charge in [0.1, 0.15) is 23.1 Å². The molecule has 0 unspecified atom stereocenters. The van der Waals surface area contributed by atoms with Crippen LogP contribution in [0.5, 0.6) is 11.5 Å². The number of methoxy groups -OCH3 is 1. The number of aryl methyl sites for hydroxylation is 1. The van der Waals surface area contributed by atoms with Gasteiger partial charge < -0.3 is 20.1 Å². The standard InChI is InChI=1S/C26H22ClN3O4/c1-17-5-3-4-6-23(17)30-25(31)16-34-24-12-7-18(14-22(24)27)13-19(15-28)26(32)29-20-8-10-21(33-2)11-9-20/h3-14H,16H2,1-2H3,(H,29,32)(H,30,31)/b19-13-. The SMILES string of the molecule is COc1ccc(NC(=O)/C(C#N)=C\c2ccc(OCC(=O)Nc3ccccc3C)c(Cl)c2)cc1. The van der Waals surface area contributed by atoms with Gasteiger partial charge in [-0.05, 0) is 66.6 Å². The molecule has 0 aliphatic rings. The first kappa shape index (κ1) is 24.4. The third kappa shape index (κ3) is 6.61. The lowest BCUT2D eigenvalue weighted by Gasteiger charge is -2.11. The van der Waals surface area contributed by atoms with Gasteiger partial charge in [-0.2, -0.15) is 5.26 Å². The summed E-state index contributed by atoms with van der Waals surface area (Å²) in [6.45, 7) is 1.67. The molecule has 0 aliphatic heterocycles. The molecule has 0 aromatic heterocycles. The normalized spacial score (nSPS) is 10.7. The van der Waals surface area contributed by atoms with Crippen molar-refractivity contribution in [2.24, 2.45) is 0 Å². The van der Waals surface area contributed by atoms with Gasteiger partial charge in [-0.3, -0.25) is 9.59 Å². The second-order valence-electron chi connectivity index (χ2n) is 7.19. The summed E-state index contributed by atoms with van der Waals surface area (Å²) in [5.74, 6) is 0.0758. The number of benzene rings is 3. The van der Waals surface area contributed by atoms with Gasteiger partial charge >= 0.3 is 0 Å². The predicted molar refractivity (Wildman–Crippen MR) is 132 cm³/mol. The molecule has 3 aromatic rings. The van der Waals surface area contributed by atoms with Crippen LogP contribution in [-0.2, 0) is 9.59 Å². The van der Waals surface area contributed by atoms with Crippen LogP contribution in [0, 0.1) is 18.3 Å². The number of amides is 2. The molecule has 0 spiro atoms. The fourth-order valence-corrected chi connectivity index (χ4v) is 3.20. The molecule has 2 amide bonds. The lowest BCUT2D eigenvalue weighted by atomic mass is 10.1. The Hall–Kier alpha value is -4.28. The number of hydrogen-bond acceptors (Lipinski definition) is 5. The molecule has 0 fully saturated rings. The number of para-hydroxylation sites is 1. The van der Waals surface area contributed by atoms with E-state index in [1.54, 1.807) is 55.6 Å². The number of carbonyl (C=O) groups excluding carboxylic acids is 2. The van der Waals surface area contributed by atoms with Crippen molar-refractivity contribution in [2.45, 2.75) is 6.92 Å². The number of anilines is 2. The summed E-state index contributed by atoms with van der Waals surface area (Å²) in [5, 5.41) is 15.1. The second-order valence-corrected chi connectivity index (χ2v) is 7.60. The van der Waals surface area contributed by atoms with E-state index in [-0.39, 0.29) is 23.1 Å². The molecular formula is C26H22ClN3O4. The third-order valence-corrected chi connectivity index (χ3v) is 5.05. The highest BCUT2D eigenvalue weighted by atomic mass is 35.5. The van der Waals surface area contributed by atoms with Crippen molar-refractivity contribution in [1.29, 1.82) is 5.26 Å². The number of ether oxygens (including phenoxy) is 2. The lowest BCUT2D eigenvalue weighted by Crippen LogP contribution is -2.20. The maximum Gasteiger partial charge on any atom is 0.266 e. The zero-order valence-electron chi connectivity index (χ0n) is 18.6. The molecule has 0 saturated carbocycles. The van der Waals surface area contributed by atoms with Gasteiger partial charge in [-0.15, -0.1) is 0 Å². The van der Waals surface area contributed by atoms with Crippen LogP contribution >= 0.6 is 11.6 Å². The van der Waals surface area contributed by atoms with Crippen molar-refractivity contribution >= 4 is 40.9 Å². The molecule has 2 N–H and O–H groups in total. The molecule has 0 aliphatic carbocycles. The highest BCUT2D eigenvalue weighted by Gasteiger charge is 2.12. The first-order chi connectivity index (χ1) is 16.4. The van der Waals surface area contributed by atoms with Gasteiger partial charge in [0.05, 0.1) is 12.1 Å². The molecule has 7 nitrogen and oxygen atoms in total. The number of rotatable bonds is 8. The summed E-state index contributed by atoms with van der Waals surface area (Å²) in [6.07, 6.45) is 1.42. The molecule has 0 saturated heterocycles. The van der Waals surface area contributed by atoms with Crippen molar-refractivity contribution in [3.63, 3.8) is 0 Å². The Morgan fingerprint density at radius 2 is 1.79 bits per heavy atom. The molecule has 34 heavy (non-hydrogen) atoms. The van der Waals surface area contributed by atoms with Crippen LogP contribution in [0.3, 0.4) is 0 Å². The smallest absolute Gasteiger partial charge is 0.266 e. The van der Waals surface area contributed by atoms with E-state index in [1.807, 2.05) is 31.2 Å². The second kappa shape index (κ2) is 11.5. The van der Waals surface area contributed by atoms with Crippen molar-refractivity contribution in [3.8, 4) is 17.6 Å². The Morgan fingerprint density at radius 1 is 1.06 bits per heavy atom. The maximum atomic E-state index is 12.5.